The normalized spacial score (nSPS) is 11.1. The molecule has 106 valence electrons. The van der Waals surface area contributed by atoms with Gasteiger partial charge < -0.3 is 10.5 Å². The monoisotopic (exact) mass is 293 g/mol. The predicted octanol–water partition coefficient (Wildman–Crippen LogP) is 1.78. The Labute approximate surface area is 117 Å². The van der Waals surface area contributed by atoms with E-state index in [1.54, 1.807) is 31.2 Å². The molecule has 20 heavy (non-hydrogen) atoms. The Balaban J connectivity index is 2.47. The van der Waals surface area contributed by atoms with Gasteiger partial charge in [-0.25, -0.2) is 13.4 Å². The van der Waals surface area contributed by atoms with Gasteiger partial charge >= 0.3 is 0 Å². The second-order valence-corrected chi connectivity index (χ2v) is 5.83. The fourth-order valence-electron chi connectivity index (χ4n) is 1.66. The smallest absolute Gasteiger partial charge is 0.266 e. The van der Waals surface area contributed by atoms with Crippen LogP contribution in [0.4, 0.5) is 11.5 Å². The number of nitrogen functional groups attached to an aromatic ring is 1. The van der Waals surface area contributed by atoms with Crippen LogP contribution < -0.4 is 15.2 Å². The number of nitrogens with one attached hydrogen (secondary N) is 1. The highest BCUT2D eigenvalue weighted by Gasteiger charge is 2.21. The maximum absolute atomic E-state index is 12.4. The highest BCUT2D eigenvalue weighted by molar-refractivity contribution is 7.92. The Morgan fingerprint density at radius 2 is 2.05 bits per heavy atom. The SMILES string of the molecule is COc1cc(C)c(N)cc1S(=O)(=O)Nc1ccccn1. The molecule has 0 amide bonds. The third-order valence-corrected chi connectivity index (χ3v) is 4.12. The first-order valence-corrected chi connectivity index (χ1v) is 7.30. The number of sulfonamides is 1. The van der Waals surface area contributed by atoms with Gasteiger partial charge in [-0.2, -0.15) is 0 Å². The van der Waals surface area contributed by atoms with Gasteiger partial charge in [0.1, 0.15) is 16.5 Å². The van der Waals surface area contributed by atoms with Crippen LogP contribution in [0.25, 0.3) is 0 Å². The minimum Gasteiger partial charge on any atom is -0.495 e. The molecule has 0 saturated heterocycles. The number of hydrogen-bond acceptors (Lipinski definition) is 5. The van der Waals surface area contributed by atoms with Gasteiger partial charge in [0.15, 0.2) is 0 Å². The lowest BCUT2D eigenvalue weighted by atomic mass is 10.2. The molecule has 2 aromatic rings. The third-order valence-electron chi connectivity index (χ3n) is 2.75. The largest absolute Gasteiger partial charge is 0.495 e. The quantitative estimate of drug-likeness (QED) is 0.838. The van der Waals surface area contributed by atoms with Crippen LogP contribution in [0.5, 0.6) is 5.75 Å². The van der Waals surface area contributed by atoms with Crippen molar-refractivity contribution in [2.75, 3.05) is 17.6 Å². The van der Waals surface area contributed by atoms with Gasteiger partial charge in [0, 0.05) is 11.9 Å². The summed E-state index contributed by atoms with van der Waals surface area (Å²) in [5.74, 6) is 0.467. The molecule has 1 aromatic carbocycles. The number of pyridine rings is 1. The van der Waals surface area contributed by atoms with E-state index >= 15 is 0 Å². The molecule has 1 heterocycles. The topological polar surface area (TPSA) is 94.3 Å². The fraction of sp³-hybridized carbons (Fsp3) is 0.154. The molecule has 0 radical (unpaired) electrons. The molecule has 6 nitrogen and oxygen atoms in total. The number of ether oxygens (including phenoxy) is 1. The van der Waals surface area contributed by atoms with Gasteiger partial charge in [-0.15, -0.1) is 0 Å². The molecule has 0 spiro atoms. The van der Waals surface area contributed by atoms with Gasteiger partial charge in [0.2, 0.25) is 0 Å². The minimum absolute atomic E-state index is 0.0197. The molecule has 0 aliphatic carbocycles. The van der Waals surface area contributed by atoms with Crippen molar-refractivity contribution in [2.45, 2.75) is 11.8 Å². The molecule has 0 unspecified atom stereocenters. The van der Waals surface area contributed by atoms with E-state index < -0.39 is 10.0 Å². The van der Waals surface area contributed by atoms with Crippen molar-refractivity contribution >= 4 is 21.5 Å². The Hall–Kier alpha value is -2.28. The van der Waals surface area contributed by atoms with Crippen LogP contribution in [-0.4, -0.2) is 20.5 Å². The second kappa shape index (κ2) is 5.38. The molecule has 0 bridgehead atoms. The summed E-state index contributed by atoms with van der Waals surface area (Å²) in [5.41, 5.74) is 6.90. The van der Waals surface area contributed by atoms with Crippen LogP contribution >= 0.6 is 0 Å². The van der Waals surface area contributed by atoms with Crippen molar-refractivity contribution in [2.24, 2.45) is 0 Å². The maximum atomic E-state index is 12.4. The lowest BCUT2D eigenvalue weighted by Gasteiger charge is -2.13. The highest BCUT2D eigenvalue weighted by atomic mass is 32.2. The first-order chi connectivity index (χ1) is 9.44. The first kappa shape index (κ1) is 14.1. The number of methoxy groups -OCH3 is 1. The van der Waals surface area contributed by atoms with Gasteiger partial charge in [-0.3, -0.25) is 4.72 Å². The number of benzene rings is 1. The number of nitrogens with zero attached hydrogens (tertiary/aromatic N) is 1. The first-order valence-electron chi connectivity index (χ1n) is 5.82. The Bertz CT molecular complexity index is 715. The summed E-state index contributed by atoms with van der Waals surface area (Å²) in [5, 5.41) is 0. The molecule has 0 saturated carbocycles. The van der Waals surface area contributed by atoms with Crippen molar-refractivity contribution in [3.63, 3.8) is 0 Å². The van der Waals surface area contributed by atoms with Crippen molar-refractivity contribution in [1.82, 2.24) is 4.98 Å². The summed E-state index contributed by atoms with van der Waals surface area (Å²) in [6.07, 6.45) is 1.50. The molecule has 0 aliphatic rings. The fourth-order valence-corrected chi connectivity index (χ4v) is 2.86. The number of nitrogens with two attached hydrogens (primary N) is 1. The number of rotatable bonds is 4. The number of aryl methyl sites for hydroxylation is 1. The average molecular weight is 293 g/mol. The van der Waals surface area contributed by atoms with Crippen LogP contribution in [0.3, 0.4) is 0 Å². The molecule has 0 atom stereocenters. The van der Waals surface area contributed by atoms with Crippen LogP contribution in [-0.2, 0) is 10.0 Å². The number of anilines is 2. The van der Waals surface area contributed by atoms with Gasteiger partial charge in [0.25, 0.3) is 10.0 Å². The number of aromatic nitrogens is 1. The molecule has 0 aliphatic heterocycles. The summed E-state index contributed by atoms with van der Waals surface area (Å²) < 4.78 is 32.2. The van der Waals surface area contributed by atoms with E-state index in [0.29, 0.717) is 5.69 Å². The zero-order valence-corrected chi connectivity index (χ0v) is 11.9. The molecular weight excluding hydrogens is 278 g/mol. The van der Waals surface area contributed by atoms with Crippen LogP contribution in [0, 0.1) is 6.92 Å². The van der Waals surface area contributed by atoms with Crippen LogP contribution in [0.2, 0.25) is 0 Å². The summed E-state index contributed by atoms with van der Waals surface area (Å²) in [6, 6.07) is 7.90. The molecule has 2 rings (SSSR count). The minimum atomic E-state index is -3.81. The Morgan fingerprint density at radius 3 is 2.65 bits per heavy atom. The maximum Gasteiger partial charge on any atom is 0.266 e. The number of hydrogen-bond donors (Lipinski definition) is 2. The lowest BCUT2D eigenvalue weighted by molar-refractivity contribution is 0.402. The van der Waals surface area contributed by atoms with Gasteiger partial charge in [0.05, 0.1) is 7.11 Å². The molecule has 7 heteroatoms. The van der Waals surface area contributed by atoms with Crippen molar-refractivity contribution in [3.05, 3.63) is 42.1 Å². The van der Waals surface area contributed by atoms with E-state index in [9.17, 15) is 8.42 Å². The summed E-state index contributed by atoms with van der Waals surface area (Å²) in [7, 11) is -2.41. The molecular formula is C13H15N3O3S. The van der Waals surface area contributed by atoms with Crippen LogP contribution in [0.1, 0.15) is 5.56 Å². The zero-order valence-electron chi connectivity index (χ0n) is 11.1. The van der Waals surface area contributed by atoms with E-state index in [2.05, 4.69) is 9.71 Å². The van der Waals surface area contributed by atoms with E-state index in [0.717, 1.165) is 5.56 Å². The van der Waals surface area contributed by atoms with Gasteiger partial charge in [-0.1, -0.05) is 6.07 Å². The second-order valence-electron chi connectivity index (χ2n) is 4.18. The molecule has 0 fully saturated rings. The van der Waals surface area contributed by atoms with Crippen molar-refractivity contribution < 1.29 is 13.2 Å². The Morgan fingerprint density at radius 1 is 1.30 bits per heavy atom. The van der Waals surface area contributed by atoms with E-state index in [1.165, 1.54) is 19.4 Å². The van der Waals surface area contributed by atoms with Crippen molar-refractivity contribution in [3.8, 4) is 5.75 Å². The van der Waals surface area contributed by atoms with Crippen LogP contribution in [0.15, 0.2) is 41.4 Å². The summed E-state index contributed by atoms with van der Waals surface area (Å²) >= 11 is 0. The highest BCUT2D eigenvalue weighted by Crippen LogP contribution is 2.29. The predicted molar refractivity (Wildman–Crippen MR) is 77.2 cm³/mol. The lowest BCUT2D eigenvalue weighted by Crippen LogP contribution is -2.15. The summed E-state index contributed by atoms with van der Waals surface area (Å²) in [4.78, 5) is 3.90. The Kier molecular flexibility index (Phi) is 3.80. The average Bonchev–Trinajstić information content (AvgIpc) is 2.42. The van der Waals surface area contributed by atoms with E-state index in [4.69, 9.17) is 10.5 Å². The van der Waals surface area contributed by atoms with Crippen molar-refractivity contribution in [1.29, 1.82) is 0 Å². The van der Waals surface area contributed by atoms with E-state index in [1.807, 2.05) is 0 Å². The zero-order chi connectivity index (χ0) is 14.8. The molecule has 3 N–H and O–H groups in total. The standard InChI is InChI=1S/C13H15N3O3S/c1-9-7-11(19-2)12(8-10(9)14)20(17,18)16-13-5-3-4-6-15-13/h3-8H,14H2,1-2H3,(H,15,16). The summed E-state index contributed by atoms with van der Waals surface area (Å²) in [6.45, 7) is 1.78. The molecule has 1 aromatic heterocycles. The third kappa shape index (κ3) is 2.83. The van der Waals surface area contributed by atoms with Gasteiger partial charge in [-0.05, 0) is 36.8 Å². The van der Waals surface area contributed by atoms with E-state index in [-0.39, 0.29) is 16.5 Å².